The van der Waals surface area contributed by atoms with Crippen molar-refractivity contribution in [2.75, 3.05) is 24.7 Å². The average Bonchev–Trinajstić information content (AvgIpc) is 3.21. The number of anilines is 1. The van der Waals surface area contributed by atoms with Crippen molar-refractivity contribution in [1.82, 2.24) is 9.88 Å². The molecule has 30 heavy (non-hydrogen) atoms. The van der Waals surface area contributed by atoms with Gasteiger partial charge in [-0.2, -0.15) is 0 Å². The van der Waals surface area contributed by atoms with Gasteiger partial charge in [0.1, 0.15) is 0 Å². The van der Waals surface area contributed by atoms with E-state index in [9.17, 15) is 9.59 Å². The molecular weight excluding hydrogens is 422 g/mol. The number of methoxy groups -OCH3 is 1. The summed E-state index contributed by atoms with van der Waals surface area (Å²) in [6.45, 7) is 0.629. The van der Waals surface area contributed by atoms with Gasteiger partial charge in [0.2, 0.25) is 0 Å². The van der Waals surface area contributed by atoms with Gasteiger partial charge in [-0.25, -0.2) is 9.78 Å². The molecule has 0 saturated heterocycles. The molecule has 1 aromatic heterocycles. The zero-order valence-electron chi connectivity index (χ0n) is 17.0. The highest BCUT2D eigenvalue weighted by Crippen LogP contribution is 2.29. The minimum atomic E-state index is -0.877. The van der Waals surface area contributed by atoms with E-state index in [1.807, 2.05) is 23.1 Å². The highest BCUT2D eigenvalue weighted by Gasteiger charge is 2.29. The Balaban J connectivity index is 1.64. The molecule has 1 fully saturated rings. The molecule has 0 aliphatic heterocycles. The summed E-state index contributed by atoms with van der Waals surface area (Å²) in [5.41, 5.74) is 1.20. The van der Waals surface area contributed by atoms with E-state index in [1.165, 1.54) is 28.7 Å². The van der Waals surface area contributed by atoms with Crippen molar-refractivity contribution in [3.05, 3.63) is 42.1 Å². The molecule has 0 radical (unpaired) electrons. The van der Waals surface area contributed by atoms with Crippen LogP contribution in [0.25, 0.3) is 0 Å². The number of nitrogens with one attached hydrogen (secondary N) is 1. The van der Waals surface area contributed by atoms with Crippen LogP contribution in [0.15, 0.2) is 40.7 Å². The number of thiazole rings is 1. The first-order chi connectivity index (χ1) is 14.5. The van der Waals surface area contributed by atoms with Crippen LogP contribution in [0, 0.1) is 0 Å². The third-order valence-corrected chi connectivity index (χ3v) is 7.29. The topological polar surface area (TPSA) is 91.8 Å². The van der Waals surface area contributed by atoms with E-state index in [4.69, 9.17) is 9.84 Å². The lowest BCUT2D eigenvalue weighted by atomic mass is 9.91. The Hall–Kier alpha value is -2.10. The van der Waals surface area contributed by atoms with E-state index >= 15 is 0 Å². The van der Waals surface area contributed by atoms with Gasteiger partial charge in [-0.1, -0.05) is 41.7 Å². The van der Waals surface area contributed by atoms with Gasteiger partial charge >= 0.3 is 12.0 Å². The molecule has 1 saturated carbocycles. The van der Waals surface area contributed by atoms with Crippen molar-refractivity contribution in [2.24, 2.45) is 0 Å². The van der Waals surface area contributed by atoms with Gasteiger partial charge in [-0.3, -0.25) is 10.1 Å². The largest absolute Gasteiger partial charge is 0.481 e. The fraction of sp³-hybridized carbons (Fsp3) is 0.476. The molecule has 0 atom stereocenters. The maximum absolute atomic E-state index is 13.1. The van der Waals surface area contributed by atoms with Gasteiger partial charge in [0, 0.05) is 19.7 Å². The van der Waals surface area contributed by atoms with Gasteiger partial charge in [-0.05, 0) is 37.7 Å². The maximum Gasteiger partial charge on any atom is 0.323 e. The molecular formula is C21H27N3O4S2. The number of carboxylic acids is 1. The van der Waals surface area contributed by atoms with E-state index in [2.05, 4.69) is 22.4 Å². The molecule has 2 N–H and O–H groups in total. The average molecular weight is 450 g/mol. The van der Waals surface area contributed by atoms with Crippen LogP contribution >= 0.6 is 23.1 Å². The first-order valence-corrected chi connectivity index (χ1v) is 11.8. The Kier molecular flexibility index (Phi) is 8.53. The Bertz CT molecular complexity index is 823. The Morgan fingerprint density at radius 2 is 2.00 bits per heavy atom. The summed E-state index contributed by atoms with van der Waals surface area (Å²) in [4.78, 5) is 30.0. The lowest BCUT2D eigenvalue weighted by Crippen LogP contribution is -2.46. The lowest BCUT2D eigenvalue weighted by Gasteiger charge is -2.36. The summed E-state index contributed by atoms with van der Waals surface area (Å²) >= 11 is 2.50. The highest BCUT2D eigenvalue weighted by atomic mass is 32.2. The monoisotopic (exact) mass is 449 g/mol. The van der Waals surface area contributed by atoms with Gasteiger partial charge in [-0.15, -0.1) is 11.8 Å². The second-order valence-corrected chi connectivity index (χ2v) is 9.50. The molecule has 162 valence electrons. The predicted octanol–water partition coefficient (Wildman–Crippen LogP) is 4.35. The number of urea groups is 1. The van der Waals surface area contributed by atoms with E-state index in [1.54, 1.807) is 13.3 Å². The number of amides is 2. The first kappa shape index (κ1) is 22.6. The molecule has 7 nitrogen and oxygen atoms in total. The van der Waals surface area contributed by atoms with Crippen molar-refractivity contribution in [3.8, 4) is 0 Å². The standard InChI is InChI=1S/C21H27N3O4S2/c1-28-17-9-7-16(8-10-17)24(12-11-15-5-3-2-4-6-15)21(27)23-20-22-13-19(30-20)29-14-18(25)26/h2-6,13,16-17H,7-12,14H2,1H3,(H,25,26)(H,22,23,27)/t16-,17-. The number of benzene rings is 1. The van der Waals surface area contributed by atoms with Crippen LogP contribution in [0.2, 0.25) is 0 Å². The van der Waals surface area contributed by atoms with Crippen molar-refractivity contribution >= 4 is 40.2 Å². The normalized spacial score (nSPS) is 18.7. The summed E-state index contributed by atoms with van der Waals surface area (Å²) in [7, 11) is 1.74. The number of carbonyl (C=O) groups excluding carboxylic acids is 1. The number of nitrogens with zero attached hydrogens (tertiary/aromatic N) is 2. The van der Waals surface area contributed by atoms with Crippen LogP contribution in [0.3, 0.4) is 0 Å². The molecule has 2 amide bonds. The van der Waals surface area contributed by atoms with Crippen LogP contribution in [0.1, 0.15) is 31.2 Å². The fourth-order valence-corrected chi connectivity index (χ4v) is 5.20. The smallest absolute Gasteiger partial charge is 0.323 e. The molecule has 9 heteroatoms. The second kappa shape index (κ2) is 11.3. The van der Waals surface area contributed by atoms with Gasteiger partial charge < -0.3 is 14.7 Å². The molecule has 1 aliphatic carbocycles. The van der Waals surface area contributed by atoms with E-state index < -0.39 is 5.97 Å². The molecule has 0 unspecified atom stereocenters. The van der Waals surface area contributed by atoms with Gasteiger partial charge in [0.15, 0.2) is 5.13 Å². The lowest BCUT2D eigenvalue weighted by molar-refractivity contribution is -0.133. The molecule has 0 bridgehead atoms. The Morgan fingerprint density at radius 3 is 2.67 bits per heavy atom. The van der Waals surface area contributed by atoms with Gasteiger partial charge in [0.05, 0.1) is 22.3 Å². The SMILES string of the molecule is CO[C@H]1CC[C@H](N(CCc2ccccc2)C(=O)Nc2ncc(SCC(=O)O)s2)CC1. The number of carboxylic acid groups (broad SMARTS) is 1. The summed E-state index contributed by atoms with van der Waals surface area (Å²) in [5.74, 6) is -0.903. The molecule has 1 aliphatic rings. The number of aliphatic carboxylic acids is 1. The minimum Gasteiger partial charge on any atom is -0.481 e. The number of carbonyl (C=O) groups is 2. The minimum absolute atomic E-state index is 0.0263. The summed E-state index contributed by atoms with van der Waals surface area (Å²) in [5, 5.41) is 12.2. The van der Waals surface area contributed by atoms with Crippen LogP contribution in [-0.4, -0.2) is 58.5 Å². The highest BCUT2D eigenvalue weighted by molar-refractivity contribution is 8.01. The fourth-order valence-electron chi connectivity index (χ4n) is 3.62. The van der Waals surface area contributed by atoms with E-state index in [0.717, 1.165) is 36.3 Å². The maximum atomic E-state index is 13.1. The number of hydrogen-bond acceptors (Lipinski definition) is 6. The quantitative estimate of drug-likeness (QED) is 0.553. The molecule has 2 aromatic rings. The van der Waals surface area contributed by atoms with Crippen LogP contribution < -0.4 is 5.32 Å². The Morgan fingerprint density at radius 1 is 1.27 bits per heavy atom. The number of thioether (sulfide) groups is 1. The molecule has 0 spiro atoms. The Labute approximate surface area is 184 Å². The zero-order valence-corrected chi connectivity index (χ0v) is 18.6. The van der Waals surface area contributed by atoms with Crippen molar-refractivity contribution in [2.45, 2.75) is 48.5 Å². The second-order valence-electron chi connectivity index (χ2n) is 7.19. The van der Waals surface area contributed by atoms with Crippen LogP contribution in [0.5, 0.6) is 0 Å². The number of aromatic nitrogens is 1. The van der Waals surface area contributed by atoms with Crippen LogP contribution in [0.4, 0.5) is 9.93 Å². The molecule has 3 rings (SSSR count). The van der Waals surface area contributed by atoms with Crippen molar-refractivity contribution < 1.29 is 19.4 Å². The molecule has 1 aromatic carbocycles. The third kappa shape index (κ3) is 6.72. The summed E-state index contributed by atoms with van der Waals surface area (Å²) < 4.78 is 6.24. The van der Waals surface area contributed by atoms with E-state index in [-0.39, 0.29) is 23.9 Å². The first-order valence-electron chi connectivity index (χ1n) is 10.00. The summed E-state index contributed by atoms with van der Waals surface area (Å²) in [6, 6.07) is 10.2. The zero-order chi connectivity index (χ0) is 21.3. The van der Waals surface area contributed by atoms with Crippen molar-refractivity contribution in [3.63, 3.8) is 0 Å². The number of rotatable bonds is 9. The van der Waals surface area contributed by atoms with E-state index in [0.29, 0.717) is 11.7 Å². The molecule has 1 heterocycles. The third-order valence-electron chi connectivity index (χ3n) is 5.20. The number of ether oxygens (including phenoxy) is 1. The van der Waals surface area contributed by atoms with Gasteiger partial charge in [0.25, 0.3) is 0 Å². The van der Waals surface area contributed by atoms with Crippen LogP contribution in [-0.2, 0) is 16.0 Å². The van der Waals surface area contributed by atoms with Crippen molar-refractivity contribution in [1.29, 1.82) is 0 Å². The summed E-state index contributed by atoms with van der Waals surface area (Å²) in [6.07, 6.45) is 6.39. The predicted molar refractivity (Wildman–Crippen MR) is 119 cm³/mol. The number of hydrogen-bond donors (Lipinski definition) is 2.